The molecule has 2 N–H and O–H groups in total. The molecule has 0 spiro atoms. The largest absolute Gasteiger partial charge is 0.478 e. The van der Waals surface area contributed by atoms with Crippen molar-refractivity contribution in [2.24, 2.45) is 0 Å². The van der Waals surface area contributed by atoms with Crippen LogP contribution in [-0.4, -0.2) is 11.1 Å². The van der Waals surface area contributed by atoms with Crippen LogP contribution in [0, 0.1) is 17.5 Å². The van der Waals surface area contributed by atoms with Crippen LogP contribution in [0.1, 0.15) is 15.9 Å². The molecule has 0 aliphatic rings. The summed E-state index contributed by atoms with van der Waals surface area (Å²) < 4.78 is 39.3. The van der Waals surface area contributed by atoms with E-state index in [2.05, 4.69) is 5.32 Å². The van der Waals surface area contributed by atoms with Crippen molar-refractivity contribution in [1.82, 2.24) is 0 Å². The Morgan fingerprint density at radius 1 is 1.05 bits per heavy atom. The molecule has 0 fully saturated rings. The Labute approximate surface area is 112 Å². The zero-order chi connectivity index (χ0) is 14.7. The van der Waals surface area contributed by atoms with E-state index in [1.165, 1.54) is 12.1 Å². The molecule has 2 aromatic carbocycles. The van der Waals surface area contributed by atoms with Crippen molar-refractivity contribution >= 4 is 11.7 Å². The fraction of sp³-hybridized carbons (Fsp3) is 0.0714. The quantitative estimate of drug-likeness (QED) is 0.902. The number of nitrogens with one attached hydrogen (secondary N) is 1. The molecule has 20 heavy (non-hydrogen) atoms. The molecular weight excluding hydrogens is 271 g/mol. The van der Waals surface area contributed by atoms with Crippen molar-refractivity contribution < 1.29 is 23.1 Å². The second-order valence-corrected chi connectivity index (χ2v) is 4.09. The summed E-state index contributed by atoms with van der Waals surface area (Å²) in [6.45, 7) is 0.0246. The first kappa shape index (κ1) is 13.9. The number of hydrogen-bond acceptors (Lipinski definition) is 2. The van der Waals surface area contributed by atoms with Crippen molar-refractivity contribution in [2.45, 2.75) is 6.54 Å². The average Bonchev–Trinajstić information content (AvgIpc) is 2.39. The predicted molar refractivity (Wildman–Crippen MR) is 67.0 cm³/mol. The maximum absolute atomic E-state index is 13.4. The molecule has 104 valence electrons. The van der Waals surface area contributed by atoms with Crippen molar-refractivity contribution in [2.75, 3.05) is 5.32 Å². The number of carbonyl (C=O) groups is 1. The Morgan fingerprint density at radius 2 is 1.80 bits per heavy atom. The molecule has 0 radical (unpaired) electrons. The Morgan fingerprint density at radius 3 is 2.45 bits per heavy atom. The van der Waals surface area contributed by atoms with Crippen LogP contribution in [0.5, 0.6) is 0 Å². The molecular formula is C14H10F3NO2. The van der Waals surface area contributed by atoms with Gasteiger partial charge in [-0.05, 0) is 24.3 Å². The van der Waals surface area contributed by atoms with Gasteiger partial charge in [-0.15, -0.1) is 0 Å². The number of halogens is 3. The first-order valence-electron chi connectivity index (χ1n) is 5.68. The fourth-order valence-electron chi connectivity index (χ4n) is 1.66. The molecule has 2 rings (SSSR count). The van der Waals surface area contributed by atoms with Gasteiger partial charge in [0.25, 0.3) is 0 Å². The fourth-order valence-corrected chi connectivity index (χ4v) is 1.66. The summed E-state index contributed by atoms with van der Waals surface area (Å²) >= 11 is 0. The van der Waals surface area contributed by atoms with Crippen molar-refractivity contribution in [3.8, 4) is 0 Å². The summed E-state index contributed by atoms with van der Waals surface area (Å²) in [5.74, 6) is -3.63. The lowest BCUT2D eigenvalue weighted by Gasteiger charge is -2.08. The number of carboxylic acids is 1. The van der Waals surface area contributed by atoms with Crippen LogP contribution in [0.4, 0.5) is 18.9 Å². The van der Waals surface area contributed by atoms with Gasteiger partial charge in [0, 0.05) is 23.9 Å². The SMILES string of the molecule is O=C(O)c1cc(NCc2ccc(F)cc2F)ccc1F. The minimum absolute atomic E-state index is 0.0246. The van der Waals surface area contributed by atoms with Gasteiger partial charge < -0.3 is 10.4 Å². The number of benzene rings is 2. The van der Waals surface area contributed by atoms with Gasteiger partial charge in [0.2, 0.25) is 0 Å². The number of aromatic carboxylic acids is 1. The van der Waals surface area contributed by atoms with Crippen molar-refractivity contribution in [1.29, 1.82) is 0 Å². The molecule has 0 saturated heterocycles. The van der Waals surface area contributed by atoms with Gasteiger partial charge in [0.05, 0.1) is 5.56 Å². The third-order valence-electron chi connectivity index (χ3n) is 2.69. The van der Waals surface area contributed by atoms with E-state index in [1.54, 1.807) is 0 Å². The Hall–Kier alpha value is -2.50. The van der Waals surface area contributed by atoms with E-state index in [-0.39, 0.29) is 12.1 Å². The smallest absolute Gasteiger partial charge is 0.338 e. The average molecular weight is 281 g/mol. The van der Waals surface area contributed by atoms with Crippen LogP contribution in [0.2, 0.25) is 0 Å². The van der Waals surface area contributed by atoms with E-state index >= 15 is 0 Å². The molecule has 0 bridgehead atoms. The molecule has 0 amide bonds. The van der Waals surface area contributed by atoms with E-state index in [1.807, 2.05) is 0 Å². The normalized spacial score (nSPS) is 10.3. The number of carboxylic acid groups (broad SMARTS) is 1. The summed E-state index contributed by atoms with van der Waals surface area (Å²) in [6, 6.07) is 6.60. The first-order valence-corrected chi connectivity index (χ1v) is 5.68. The van der Waals surface area contributed by atoms with Crippen molar-refractivity contribution in [3.63, 3.8) is 0 Å². The highest BCUT2D eigenvalue weighted by Crippen LogP contribution is 2.17. The molecule has 2 aromatic rings. The second kappa shape index (κ2) is 5.64. The summed E-state index contributed by atoms with van der Waals surface area (Å²) in [7, 11) is 0. The third-order valence-corrected chi connectivity index (χ3v) is 2.69. The molecule has 3 nitrogen and oxygen atoms in total. The lowest BCUT2D eigenvalue weighted by atomic mass is 10.1. The van der Waals surface area contributed by atoms with Gasteiger partial charge in [-0.25, -0.2) is 18.0 Å². The highest BCUT2D eigenvalue weighted by atomic mass is 19.1. The van der Waals surface area contributed by atoms with Gasteiger partial charge >= 0.3 is 5.97 Å². The number of hydrogen-bond donors (Lipinski definition) is 2. The van der Waals surface area contributed by atoms with Gasteiger partial charge in [-0.1, -0.05) is 6.07 Å². The standard InChI is InChI=1S/C14H10F3NO2/c15-9-2-1-8(13(17)5-9)7-18-10-3-4-12(16)11(6-10)14(19)20/h1-6,18H,7H2,(H,19,20). The Bertz CT molecular complexity index is 659. The minimum atomic E-state index is -1.39. The molecule has 0 aliphatic heterocycles. The monoisotopic (exact) mass is 281 g/mol. The van der Waals surface area contributed by atoms with Gasteiger partial charge in [0.1, 0.15) is 17.5 Å². The zero-order valence-electron chi connectivity index (χ0n) is 10.2. The number of rotatable bonds is 4. The van der Waals surface area contributed by atoms with Crippen molar-refractivity contribution in [3.05, 3.63) is 65.0 Å². The molecule has 0 unspecified atom stereocenters. The molecule has 0 saturated carbocycles. The molecule has 6 heteroatoms. The van der Waals surface area contributed by atoms with Crippen LogP contribution >= 0.6 is 0 Å². The Kier molecular flexibility index (Phi) is 3.93. The zero-order valence-corrected chi connectivity index (χ0v) is 10.2. The summed E-state index contributed by atoms with van der Waals surface area (Å²) in [4.78, 5) is 10.8. The van der Waals surface area contributed by atoms with E-state index in [9.17, 15) is 18.0 Å². The van der Waals surface area contributed by atoms with Gasteiger partial charge in [-0.2, -0.15) is 0 Å². The second-order valence-electron chi connectivity index (χ2n) is 4.09. The summed E-state index contributed by atoms with van der Waals surface area (Å²) in [6.07, 6.45) is 0. The topological polar surface area (TPSA) is 49.3 Å². The van der Waals surface area contributed by atoms with E-state index in [0.717, 1.165) is 24.3 Å². The third kappa shape index (κ3) is 3.09. The van der Waals surface area contributed by atoms with E-state index in [0.29, 0.717) is 5.69 Å². The minimum Gasteiger partial charge on any atom is -0.478 e. The van der Waals surface area contributed by atoms with E-state index in [4.69, 9.17) is 5.11 Å². The first-order chi connectivity index (χ1) is 9.47. The highest BCUT2D eigenvalue weighted by Gasteiger charge is 2.11. The Balaban J connectivity index is 2.15. The van der Waals surface area contributed by atoms with E-state index < -0.39 is 29.0 Å². The van der Waals surface area contributed by atoms with Crippen LogP contribution in [0.3, 0.4) is 0 Å². The molecule has 0 atom stereocenters. The lowest BCUT2D eigenvalue weighted by molar-refractivity contribution is 0.0692. The maximum Gasteiger partial charge on any atom is 0.338 e. The van der Waals surface area contributed by atoms with Crippen LogP contribution in [-0.2, 0) is 6.54 Å². The molecule has 0 aromatic heterocycles. The predicted octanol–water partition coefficient (Wildman–Crippen LogP) is 3.41. The van der Waals surface area contributed by atoms with Crippen LogP contribution in [0.15, 0.2) is 36.4 Å². The molecule has 0 heterocycles. The summed E-state index contributed by atoms with van der Waals surface area (Å²) in [5.41, 5.74) is 0.0645. The summed E-state index contributed by atoms with van der Waals surface area (Å²) in [5, 5.41) is 11.5. The lowest BCUT2D eigenvalue weighted by Crippen LogP contribution is -2.05. The highest BCUT2D eigenvalue weighted by molar-refractivity contribution is 5.89. The van der Waals surface area contributed by atoms with Crippen LogP contribution in [0.25, 0.3) is 0 Å². The van der Waals surface area contributed by atoms with Gasteiger partial charge in [-0.3, -0.25) is 0 Å². The number of anilines is 1. The van der Waals surface area contributed by atoms with Crippen LogP contribution < -0.4 is 5.32 Å². The molecule has 0 aliphatic carbocycles. The van der Waals surface area contributed by atoms with Gasteiger partial charge in [0.15, 0.2) is 0 Å². The maximum atomic E-state index is 13.4.